The number of nitrogens with zero attached hydrogens (tertiary/aromatic N) is 1. The molecule has 1 fully saturated rings. The van der Waals surface area contributed by atoms with Crippen LogP contribution in [-0.4, -0.2) is 32.6 Å². The van der Waals surface area contributed by atoms with E-state index in [4.69, 9.17) is 5.73 Å². The van der Waals surface area contributed by atoms with Gasteiger partial charge in [0.25, 0.3) is 0 Å². The maximum atomic E-state index is 12.0. The van der Waals surface area contributed by atoms with E-state index in [1.54, 1.807) is 0 Å². The van der Waals surface area contributed by atoms with Crippen molar-refractivity contribution in [3.63, 3.8) is 0 Å². The molecular weight excluding hydrogens is 274 g/mol. The van der Waals surface area contributed by atoms with E-state index in [-0.39, 0.29) is 11.8 Å². The molecule has 22 heavy (non-hydrogen) atoms. The van der Waals surface area contributed by atoms with Gasteiger partial charge in [0.1, 0.15) is 0 Å². The Kier molecular flexibility index (Phi) is 6.25. The topological polar surface area (TPSA) is 58.4 Å². The maximum absolute atomic E-state index is 12.0. The average molecular weight is 303 g/mol. The summed E-state index contributed by atoms with van der Waals surface area (Å²) in [6.45, 7) is 4.29. The third-order valence-corrected chi connectivity index (χ3v) is 4.67. The van der Waals surface area contributed by atoms with Gasteiger partial charge in [-0.2, -0.15) is 0 Å². The number of hydrogen-bond acceptors (Lipinski definition) is 3. The smallest absolute Gasteiger partial charge is 0.223 e. The van der Waals surface area contributed by atoms with Gasteiger partial charge in [-0.25, -0.2) is 0 Å². The maximum Gasteiger partial charge on any atom is 0.223 e. The van der Waals surface area contributed by atoms with Crippen LogP contribution in [0.1, 0.15) is 31.2 Å². The highest BCUT2D eigenvalue weighted by Gasteiger charge is 2.26. The van der Waals surface area contributed by atoms with Crippen LogP contribution in [0, 0.1) is 18.8 Å². The first-order chi connectivity index (χ1) is 10.6. The molecule has 2 rings (SSSR count). The Morgan fingerprint density at radius 2 is 1.86 bits per heavy atom. The number of nitrogens with one attached hydrogen (secondary N) is 1. The van der Waals surface area contributed by atoms with Crippen molar-refractivity contribution in [2.24, 2.45) is 17.6 Å². The van der Waals surface area contributed by atoms with Gasteiger partial charge in [0.05, 0.1) is 0 Å². The van der Waals surface area contributed by atoms with Crippen LogP contribution in [0.15, 0.2) is 24.3 Å². The lowest BCUT2D eigenvalue weighted by atomic mass is 9.81. The molecule has 4 heteroatoms. The van der Waals surface area contributed by atoms with Crippen LogP contribution in [0.5, 0.6) is 0 Å². The Bertz CT molecular complexity index is 464. The number of carbonyl (C=O) groups excluding carboxylic acids is 1. The summed E-state index contributed by atoms with van der Waals surface area (Å²) in [7, 11) is 2.16. The van der Waals surface area contributed by atoms with E-state index in [0.29, 0.717) is 19.0 Å². The molecule has 1 aliphatic carbocycles. The van der Waals surface area contributed by atoms with Crippen molar-refractivity contribution in [1.29, 1.82) is 0 Å². The van der Waals surface area contributed by atoms with Crippen LogP contribution in [0.3, 0.4) is 0 Å². The summed E-state index contributed by atoms with van der Waals surface area (Å²) in [6, 6.07) is 8.68. The highest BCUT2D eigenvalue weighted by molar-refractivity contribution is 5.78. The van der Waals surface area contributed by atoms with E-state index < -0.39 is 0 Å². The molecule has 0 heterocycles. The van der Waals surface area contributed by atoms with Gasteiger partial charge < -0.3 is 16.0 Å². The second-order valence-corrected chi connectivity index (χ2v) is 6.51. The molecule has 4 nitrogen and oxygen atoms in total. The lowest BCUT2D eigenvalue weighted by Gasteiger charge is -2.31. The molecule has 0 saturated heterocycles. The summed E-state index contributed by atoms with van der Waals surface area (Å²) in [4.78, 5) is 14.3. The molecule has 1 aromatic rings. The minimum absolute atomic E-state index is 0.187. The van der Waals surface area contributed by atoms with E-state index in [1.165, 1.54) is 11.3 Å². The zero-order chi connectivity index (χ0) is 15.9. The highest BCUT2D eigenvalue weighted by Crippen LogP contribution is 2.30. The first-order valence-electron chi connectivity index (χ1n) is 8.35. The molecule has 0 radical (unpaired) electrons. The van der Waals surface area contributed by atoms with E-state index >= 15 is 0 Å². The number of nitrogens with two attached hydrogens (primary N) is 1. The van der Waals surface area contributed by atoms with Gasteiger partial charge in [-0.3, -0.25) is 4.79 Å². The second kappa shape index (κ2) is 8.18. The molecular formula is C18H29N3O. The fourth-order valence-corrected chi connectivity index (χ4v) is 3.24. The van der Waals surface area contributed by atoms with Crippen LogP contribution in [0.4, 0.5) is 5.69 Å². The van der Waals surface area contributed by atoms with E-state index in [2.05, 4.69) is 48.5 Å². The van der Waals surface area contributed by atoms with Crippen LogP contribution >= 0.6 is 0 Å². The number of hydrogen-bond donors (Lipinski definition) is 2. The van der Waals surface area contributed by atoms with Crippen LogP contribution in [0.2, 0.25) is 0 Å². The van der Waals surface area contributed by atoms with Crippen molar-refractivity contribution in [3.05, 3.63) is 29.8 Å². The van der Waals surface area contributed by atoms with Crippen molar-refractivity contribution in [3.8, 4) is 0 Å². The monoisotopic (exact) mass is 303 g/mol. The van der Waals surface area contributed by atoms with Gasteiger partial charge in [-0.05, 0) is 50.7 Å². The van der Waals surface area contributed by atoms with Gasteiger partial charge in [0.2, 0.25) is 5.91 Å². The molecule has 0 bridgehead atoms. The fourth-order valence-electron chi connectivity index (χ4n) is 3.24. The highest BCUT2D eigenvalue weighted by atomic mass is 16.1. The lowest BCUT2D eigenvalue weighted by molar-refractivity contribution is -0.126. The first kappa shape index (κ1) is 16.8. The molecule has 1 aliphatic rings. The summed E-state index contributed by atoms with van der Waals surface area (Å²) in [5.74, 6) is 1.06. The normalized spacial score (nSPS) is 21.4. The van der Waals surface area contributed by atoms with Gasteiger partial charge in [0, 0.05) is 38.3 Å². The van der Waals surface area contributed by atoms with E-state index in [0.717, 1.165) is 32.2 Å². The standard InChI is InChI=1S/C18H29N3O/c1-14-3-9-17(10-4-14)21(2)13-15-5-7-16(8-6-15)18(22)20-12-11-19/h3-4,9-10,15-16H,5-8,11-13,19H2,1-2H3,(H,20,22). The number of rotatable bonds is 6. The van der Waals surface area contributed by atoms with Gasteiger partial charge in [-0.15, -0.1) is 0 Å². The molecule has 0 spiro atoms. The Hall–Kier alpha value is -1.55. The predicted molar refractivity (Wildman–Crippen MR) is 92.0 cm³/mol. The van der Waals surface area contributed by atoms with Crippen molar-refractivity contribution in [2.45, 2.75) is 32.6 Å². The Balaban J connectivity index is 1.77. The van der Waals surface area contributed by atoms with Gasteiger partial charge in [0.15, 0.2) is 0 Å². The molecule has 0 atom stereocenters. The van der Waals surface area contributed by atoms with E-state index in [1.807, 2.05) is 0 Å². The second-order valence-electron chi connectivity index (χ2n) is 6.51. The zero-order valence-corrected chi connectivity index (χ0v) is 13.8. The van der Waals surface area contributed by atoms with Crippen LogP contribution in [0.25, 0.3) is 0 Å². The van der Waals surface area contributed by atoms with Crippen LogP contribution in [-0.2, 0) is 4.79 Å². The zero-order valence-electron chi connectivity index (χ0n) is 13.8. The lowest BCUT2D eigenvalue weighted by Crippen LogP contribution is -2.37. The van der Waals surface area contributed by atoms with Gasteiger partial charge in [-0.1, -0.05) is 17.7 Å². The summed E-state index contributed by atoms with van der Waals surface area (Å²) in [5.41, 5.74) is 7.99. The SMILES string of the molecule is Cc1ccc(N(C)CC2CCC(C(=O)NCCN)CC2)cc1. The fraction of sp³-hybridized carbons (Fsp3) is 0.611. The summed E-state index contributed by atoms with van der Waals surface area (Å²) in [5, 5.41) is 2.91. The Labute approximate surface area is 134 Å². The first-order valence-corrected chi connectivity index (χ1v) is 8.35. The largest absolute Gasteiger partial charge is 0.374 e. The third-order valence-electron chi connectivity index (χ3n) is 4.67. The molecule has 1 saturated carbocycles. The minimum atomic E-state index is 0.187. The van der Waals surface area contributed by atoms with Gasteiger partial charge >= 0.3 is 0 Å². The molecule has 0 unspecified atom stereocenters. The molecule has 0 aliphatic heterocycles. The predicted octanol–water partition coefficient (Wildman–Crippen LogP) is 2.31. The number of amides is 1. The summed E-state index contributed by atoms with van der Waals surface area (Å²) in [6.07, 6.45) is 4.28. The number of aryl methyl sites for hydroxylation is 1. The molecule has 1 amide bonds. The number of carbonyl (C=O) groups is 1. The molecule has 3 N–H and O–H groups in total. The molecule has 122 valence electrons. The quantitative estimate of drug-likeness (QED) is 0.848. The van der Waals surface area contributed by atoms with Crippen LogP contribution < -0.4 is 16.0 Å². The van der Waals surface area contributed by atoms with E-state index in [9.17, 15) is 4.79 Å². The summed E-state index contributed by atoms with van der Waals surface area (Å²) < 4.78 is 0. The average Bonchev–Trinajstić information content (AvgIpc) is 2.54. The van der Waals surface area contributed by atoms with Crippen molar-refractivity contribution in [1.82, 2.24) is 5.32 Å². The van der Waals surface area contributed by atoms with Crippen molar-refractivity contribution < 1.29 is 4.79 Å². The van der Waals surface area contributed by atoms with Crippen molar-refractivity contribution >= 4 is 11.6 Å². The molecule has 0 aromatic heterocycles. The Morgan fingerprint density at radius 1 is 1.23 bits per heavy atom. The third kappa shape index (κ3) is 4.73. The summed E-state index contributed by atoms with van der Waals surface area (Å²) >= 11 is 0. The Morgan fingerprint density at radius 3 is 2.45 bits per heavy atom. The minimum Gasteiger partial charge on any atom is -0.374 e. The number of anilines is 1. The number of benzene rings is 1. The molecule has 1 aromatic carbocycles. The van der Waals surface area contributed by atoms with Crippen molar-refractivity contribution in [2.75, 3.05) is 31.6 Å².